The van der Waals surface area contributed by atoms with Gasteiger partial charge in [0.25, 0.3) is 11.8 Å². The summed E-state index contributed by atoms with van der Waals surface area (Å²) in [5.41, 5.74) is 7.68. The number of carbonyl (C=O) groups is 2. The molecule has 0 aliphatic heterocycles. The number of rotatable bonds is 12. The maximum Gasteiger partial charge on any atom is 0.255 e. The van der Waals surface area contributed by atoms with E-state index in [2.05, 4.69) is 24.1 Å². The third-order valence-corrected chi connectivity index (χ3v) is 4.71. The van der Waals surface area contributed by atoms with E-state index in [4.69, 9.17) is 15.2 Å². The number of unbranched alkanes of at least 4 members (excludes halogenated alkanes) is 1. The Morgan fingerprint density at radius 2 is 1.80 bits per heavy atom. The van der Waals surface area contributed by atoms with Gasteiger partial charge in [0, 0.05) is 30.9 Å². The van der Waals surface area contributed by atoms with Gasteiger partial charge in [0.1, 0.15) is 0 Å². The maximum absolute atomic E-state index is 12.5. The standard InChI is InChI=1S/C23H31N3O4/c1-4-6-13-26(5-2)19-10-8-18(9-11-19)23(28)25-15-17-7-12-20(21(14-17)29-3)30-16-22(24)27/h7-12,14H,4-6,13,15-16H2,1-3H3,(H2,24,27)(H,25,28). The van der Waals surface area contributed by atoms with E-state index in [0.29, 0.717) is 23.6 Å². The third kappa shape index (κ3) is 6.69. The molecule has 0 aromatic heterocycles. The van der Waals surface area contributed by atoms with Crippen molar-refractivity contribution in [3.8, 4) is 11.5 Å². The predicted molar refractivity (Wildman–Crippen MR) is 118 cm³/mol. The van der Waals surface area contributed by atoms with Crippen molar-refractivity contribution in [3.63, 3.8) is 0 Å². The molecule has 0 saturated carbocycles. The zero-order chi connectivity index (χ0) is 21.9. The molecule has 0 saturated heterocycles. The largest absolute Gasteiger partial charge is 0.493 e. The van der Waals surface area contributed by atoms with Gasteiger partial charge in [0.2, 0.25) is 0 Å². The van der Waals surface area contributed by atoms with Crippen molar-refractivity contribution in [2.24, 2.45) is 5.73 Å². The van der Waals surface area contributed by atoms with Gasteiger partial charge in [-0.1, -0.05) is 19.4 Å². The van der Waals surface area contributed by atoms with Crippen LogP contribution < -0.4 is 25.4 Å². The lowest BCUT2D eigenvalue weighted by Gasteiger charge is -2.23. The van der Waals surface area contributed by atoms with E-state index in [1.807, 2.05) is 24.3 Å². The molecule has 0 spiro atoms. The van der Waals surface area contributed by atoms with E-state index in [0.717, 1.165) is 37.2 Å². The van der Waals surface area contributed by atoms with Crippen LogP contribution in [0.2, 0.25) is 0 Å². The Kier molecular flexibility index (Phi) is 9.00. The number of nitrogens with zero attached hydrogens (tertiary/aromatic N) is 1. The SMILES string of the molecule is CCCCN(CC)c1ccc(C(=O)NCc2ccc(OCC(N)=O)c(OC)c2)cc1. The van der Waals surface area contributed by atoms with Gasteiger partial charge in [-0.15, -0.1) is 0 Å². The van der Waals surface area contributed by atoms with Gasteiger partial charge in [-0.3, -0.25) is 9.59 Å². The Hall–Kier alpha value is -3.22. The fourth-order valence-electron chi connectivity index (χ4n) is 3.02. The highest BCUT2D eigenvalue weighted by Gasteiger charge is 2.10. The molecule has 2 aromatic carbocycles. The molecule has 0 aliphatic carbocycles. The van der Waals surface area contributed by atoms with Crippen molar-refractivity contribution >= 4 is 17.5 Å². The molecule has 7 heteroatoms. The maximum atomic E-state index is 12.5. The number of nitrogens with one attached hydrogen (secondary N) is 1. The van der Waals surface area contributed by atoms with Crippen LogP contribution in [0.5, 0.6) is 11.5 Å². The number of hydrogen-bond donors (Lipinski definition) is 2. The lowest BCUT2D eigenvalue weighted by Crippen LogP contribution is -2.25. The van der Waals surface area contributed by atoms with Crippen molar-refractivity contribution < 1.29 is 19.1 Å². The van der Waals surface area contributed by atoms with Crippen LogP contribution >= 0.6 is 0 Å². The summed E-state index contributed by atoms with van der Waals surface area (Å²) in [6.45, 7) is 6.38. The first kappa shape index (κ1) is 23.1. The van der Waals surface area contributed by atoms with Gasteiger partial charge < -0.3 is 25.4 Å². The van der Waals surface area contributed by atoms with Crippen LogP contribution in [0, 0.1) is 0 Å². The minimum Gasteiger partial charge on any atom is -0.493 e. The lowest BCUT2D eigenvalue weighted by molar-refractivity contribution is -0.119. The van der Waals surface area contributed by atoms with E-state index in [-0.39, 0.29) is 12.5 Å². The summed E-state index contributed by atoms with van der Waals surface area (Å²) in [7, 11) is 1.51. The Morgan fingerprint density at radius 3 is 2.40 bits per heavy atom. The Bertz CT molecular complexity index is 837. The minimum atomic E-state index is -0.563. The van der Waals surface area contributed by atoms with Crippen LogP contribution in [0.15, 0.2) is 42.5 Å². The quantitative estimate of drug-likeness (QED) is 0.558. The molecular formula is C23H31N3O4. The van der Waals surface area contributed by atoms with Gasteiger partial charge in [0.05, 0.1) is 7.11 Å². The van der Waals surface area contributed by atoms with E-state index < -0.39 is 5.91 Å². The second kappa shape index (κ2) is 11.7. The van der Waals surface area contributed by atoms with Crippen molar-refractivity contribution in [1.82, 2.24) is 5.32 Å². The highest BCUT2D eigenvalue weighted by atomic mass is 16.5. The lowest BCUT2D eigenvalue weighted by atomic mass is 10.1. The van der Waals surface area contributed by atoms with Crippen LogP contribution in [0.1, 0.15) is 42.6 Å². The van der Waals surface area contributed by atoms with Crippen molar-refractivity contribution in [2.45, 2.75) is 33.2 Å². The zero-order valence-electron chi connectivity index (χ0n) is 17.9. The van der Waals surface area contributed by atoms with Crippen LogP contribution in [-0.4, -0.2) is 38.6 Å². The number of primary amides is 1. The number of ether oxygens (including phenoxy) is 2. The fourth-order valence-corrected chi connectivity index (χ4v) is 3.02. The monoisotopic (exact) mass is 413 g/mol. The highest BCUT2D eigenvalue weighted by Crippen LogP contribution is 2.28. The molecule has 0 bridgehead atoms. The number of carbonyl (C=O) groups excluding carboxylic acids is 2. The first-order chi connectivity index (χ1) is 14.5. The van der Waals surface area contributed by atoms with E-state index in [1.54, 1.807) is 18.2 Å². The second-order valence-corrected chi connectivity index (χ2v) is 6.90. The Labute approximate surface area is 178 Å². The molecule has 2 rings (SSSR count). The normalized spacial score (nSPS) is 10.4. The zero-order valence-corrected chi connectivity index (χ0v) is 17.9. The Balaban J connectivity index is 1.97. The molecule has 0 fully saturated rings. The molecule has 0 heterocycles. The number of benzene rings is 2. The first-order valence-corrected chi connectivity index (χ1v) is 10.2. The van der Waals surface area contributed by atoms with Crippen LogP contribution in [0.3, 0.4) is 0 Å². The van der Waals surface area contributed by atoms with Crippen molar-refractivity contribution in [2.75, 3.05) is 31.7 Å². The van der Waals surface area contributed by atoms with Crippen LogP contribution in [-0.2, 0) is 11.3 Å². The average molecular weight is 414 g/mol. The molecule has 2 aromatic rings. The van der Waals surface area contributed by atoms with Gasteiger partial charge >= 0.3 is 0 Å². The van der Waals surface area contributed by atoms with Crippen LogP contribution in [0.4, 0.5) is 5.69 Å². The molecule has 0 aliphatic rings. The van der Waals surface area contributed by atoms with Gasteiger partial charge in [-0.2, -0.15) is 0 Å². The van der Waals surface area contributed by atoms with Gasteiger partial charge in [-0.25, -0.2) is 0 Å². The summed E-state index contributed by atoms with van der Waals surface area (Å²) in [5.74, 6) is 0.183. The molecule has 2 amide bonds. The molecule has 0 unspecified atom stereocenters. The molecule has 30 heavy (non-hydrogen) atoms. The fraction of sp³-hybridized carbons (Fsp3) is 0.391. The number of hydrogen-bond acceptors (Lipinski definition) is 5. The van der Waals surface area contributed by atoms with Crippen molar-refractivity contribution in [3.05, 3.63) is 53.6 Å². The number of methoxy groups -OCH3 is 1. The minimum absolute atomic E-state index is 0.147. The Morgan fingerprint density at radius 1 is 1.07 bits per heavy atom. The summed E-state index contributed by atoms with van der Waals surface area (Å²) < 4.78 is 10.6. The topological polar surface area (TPSA) is 93.9 Å². The molecule has 162 valence electrons. The summed E-state index contributed by atoms with van der Waals surface area (Å²) in [6.07, 6.45) is 2.30. The van der Waals surface area contributed by atoms with Crippen molar-refractivity contribution in [1.29, 1.82) is 0 Å². The van der Waals surface area contributed by atoms with E-state index in [1.165, 1.54) is 7.11 Å². The summed E-state index contributed by atoms with van der Waals surface area (Å²) in [5, 5.41) is 2.91. The number of nitrogens with two attached hydrogens (primary N) is 1. The number of anilines is 1. The molecule has 7 nitrogen and oxygen atoms in total. The predicted octanol–water partition coefficient (Wildman–Crippen LogP) is 3.12. The number of amides is 2. The molecular weight excluding hydrogens is 382 g/mol. The van der Waals surface area contributed by atoms with E-state index >= 15 is 0 Å². The van der Waals surface area contributed by atoms with E-state index in [9.17, 15) is 9.59 Å². The van der Waals surface area contributed by atoms with Gasteiger partial charge in [0.15, 0.2) is 18.1 Å². The smallest absolute Gasteiger partial charge is 0.255 e. The molecule has 0 radical (unpaired) electrons. The average Bonchev–Trinajstić information content (AvgIpc) is 2.77. The summed E-state index contributed by atoms with van der Waals surface area (Å²) in [6, 6.07) is 12.9. The second-order valence-electron chi connectivity index (χ2n) is 6.90. The molecule has 0 atom stereocenters. The van der Waals surface area contributed by atoms with Gasteiger partial charge in [-0.05, 0) is 55.3 Å². The highest BCUT2D eigenvalue weighted by molar-refractivity contribution is 5.94. The van der Waals surface area contributed by atoms with Crippen LogP contribution in [0.25, 0.3) is 0 Å². The first-order valence-electron chi connectivity index (χ1n) is 10.2. The summed E-state index contributed by atoms with van der Waals surface area (Å²) in [4.78, 5) is 25.7. The third-order valence-electron chi connectivity index (χ3n) is 4.71. The summed E-state index contributed by atoms with van der Waals surface area (Å²) >= 11 is 0. The molecule has 3 N–H and O–H groups in total.